The van der Waals surface area contributed by atoms with Crippen LogP contribution in [0.4, 0.5) is 10.2 Å². The zero-order chi connectivity index (χ0) is 14.5. The molecule has 0 spiro atoms. The van der Waals surface area contributed by atoms with Crippen LogP contribution in [0.5, 0.6) is 0 Å². The average molecular weight is 289 g/mol. The molecule has 2 N–H and O–H groups in total. The number of carbonyl (C=O) groups excluding carboxylic acids is 1. The monoisotopic (exact) mass is 289 g/mol. The van der Waals surface area contributed by atoms with Gasteiger partial charge in [0.25, 0.3) is 5.91 Å². The zero-order valence-corrected chi connectivity index (χ0v) is 11.6. The van der Waals surface area contributed by atoms with Crippen molar-refractivity contribution in [2.75, 3.05) is 30.4 Å². The Hall–Kier alpha value is -1.70. The van der Waals surface area contributed by atoms with Crippen molar-refractivity contribution in [1.82, 2.24) is 10.3 Å². The van der Waals surface area contributed by atoms with E-state index in [0.717, 1.165) is 6.26 Å². The average Bonchev–Trinajstić information content (AvgIpc) is 2.30. The number of hydrogen-bond acceptors (Lipinski definition) is 5. The summed E-state index contributed by atoms with van der Waals surface area (Å²) >= 11 is 0. The number of anilines is 1. The molecule has 1 amide bonds. The van der Waals surface area contributed by atoms with Gasteiger partial charge in [0.1, 0.15) is 9.84 Å². The topological polar surface area (TPSA) is 88.2 Å². The molecule has 1 heterocycles. The fraction of sp³-hybridized carbons (Fsp3) is 0.455. The van der Waals surface area contributed by atoms with Crippen LogP contribution >= 0.6 is 0 Å². The molecule has 0 aliphatic heterocycles. The van der Waals surface area contributed by atoms with Gasteiger partial charge in [-0.25, -0.2) is 17.8 Å². The highest BCUT2D eigenvalue weighted by Gasteiger charge is 2.15. The summed E-state index contributed by atoms with van der Waals surface area (Å²) in [6.45, 7) is 2.19. The van der Waals surface area contributed by atoms with Gasteiger partial charge in [0.05, 0.1) is 11.3 Å². The number of hydrogen-bond donors (Lipinski definition) is 2. The number of rotatable bonds is 6. The highest BCUT2D eigenvalue weighted by molar-refractivity contribution is 7.90. The summed E-state index contributed by atoms with van der Waals surface area (Å²) in [7, 11) is -3.16. The molecule has 0 atom stereocenters. The first kappa shape index (κ1) is 15.4. The predicted molar refractivity (Wildman–Crippen MR) is 70.4 cm³/mol. The van der Waals surface area contributed by atoms with Gasteiger partial charge in [-0.1, -0.05) is 0 Å². The van der Waals surface area contributed by atoms with Crippen molar-refractivity contribution >= 4 is 21.6 Å². The first-order valence-electron chi connectivity index (χ1n) is 5.69. The molecular weight excluding hydrogens is 273 g/mol. The Labute approximate surface area is 111 Å². The number of amides is 1. The molecule has 0 aromatic carbocycles. The second-order valence-electron chi connectivity index (χ2n) is 3.94. The number of carbonyl (C=O) groups is 1. The van der Waals surface area contributed by atoms with Gasteiger partial charge < -0.3 is 10.6 Å². The molecule has 0 saturated heterocycles. The molecule has 0 aliphatic rings. The molecule has 1 rings (SSSR count). The van der Waals surface area contributed by atoms with E-state index in [1.807, 2.05) is 0 Å². The summed E-state index contributed by atoms with van der Waals surface area (Å²) in [5.41, 5.74) is -0.167. The van der Waals surface area contributed by atoms with E-state index in [-0.39, 0.29) is 23.7 Å². The number of sulfone groups is 1. The maximum absolute atomic E-state index is 13.9. The smallest absolute Gasteiger partial charge is 0.254 e. The zero-order valence-electron chi connectivity index (χ0n) is 10.7. The number of nitrogens with zero attached hydrogens (tertiary/aromatic N) is 1. The molecular formula is C11H16FN3O3S. The van der Waals surface area contributed by atoms with Crippen LogP contribution in [-0.4, -0.2) is 44.4 Å². The van der Waals surface area contributed by atoms with E-state index in [1.54, 1.807) is 6.92 Å². The van der Waals surface area contributed by atoms with Gasteiger partial charge in [-0.15, -0.1) is 0 Å². The normalized spacial score (nSPS) is 11.1. The minimum atomic E-state index is -3.16. The fourth-order valence-corrected chi connectivity index (χ4v) is 1.83. The largest absolute Gasteiger partial charge is 0.368 e. The van der Waals surface area contributed by atoms with E-state index >= 15 is 0 Å². The lowest BCUT2D eigenvalue weighted by Gasteiger charge is -2.08. The minimum Gasteiger partial charge on any atom is -0.368 e. The lowest BCUT2D eigenvalue weighted by atomic mass is 10.2. The van der Waals surface area contributed by atoms with Crippen molar-refractivity contribution in [2.24, 2.45) is 0 Å². The van der Waals surface area contributed by atoms with E-state index in [9.17, 15) is 17.6 Å². The van der Waals surface area contributed by atoms with Gasteiger partial charge in [0, 0.05) is 25.5 Å². The van der Waals surface area contributed by atoms with Crippen LogP contribution in [0.2, 0.25) is 0 Å². The molecule has 0 saturated carbocycles. The van der Waals surface area contributed by atoms with Crippen LogP contribution in [0, 0.1) is 5.82 Å². The van der Waals surface area contributed by atoms with Crippen molar-refractivity contribution in [1.29, 1.82) is 0 Å². The summed E-state index contributed by atoms with van der Waals surface area (Å²) in [4.78, 5) is 15.5. The number of pyridine rings is 1. The van der Waals surface area contributed by atoms with Gasteiger partial charge in [-0.05, 0) is 13.0 Å². The van der Waals surface area contributed by atoms with Gasteiger partial charge >= 0.3 is 0 Å². The van der Waals surface area contributed by atoms with E-state index < -0.39 is 21.6 Å². The molecule has 1 aromatic rings. The predicted octanol–water partition coefficient (Wildman–Crippen LogP) is 0.427. The van der Waals surface area contributed by atoms with E-state index in [4.69, 9.17) is 0 Å². The third kappa shape index (κ3) is 4.82. The Morgan fingerprint density at radius 2 is 2.16 bits per heavy atom. The molecule has 0 radical (unpaired) electrons. The molecule has 106 valence electrons. The Balaban J connectivity index is 2.74. The van der Waals surface area contributed by atoms with Crippen molar-refractivity contribution in [2.45, 2.75) is 6.92 Å². The number of aromatic nitrogens is 1. The summed E-state index contributed by atoms with van der Waals surface area (Å²) < 4.78 is 35.7. The first-order chi connectivity index (χ1) is 8.85. The van der Waals surface area contributed by atoms with Gasteiger partial charge in [-0.2, -0.15) is 0 Å². The standard InChI is InChI=1S/C11H16FN3O3S/c1-3-13-10-9(12)8(4-5-14-10)11(16)15-6-7-19(2,17)18/h4-5H,3,6-7H2,1-2H3,(H,13,14)(H,15,16). The van der Waals surface area contributed by atoms with Gasteiger partial charge in [-0.3, -0.25) is 4.79 Å². The lowest BCUT2D eigenvalue weighted by Crippen LogP contribution is -2.29. The highest BCUT2D eigenvalue weighted by atomic mass is 32.2. The van der Waals surface area contributed by atoms with Crippen LogP contribution in [0.15, 0.2) is 12.3 Å². The number of halogens is 1. The quantitative estimate of drug-likeness (QED) is 0.792. The minimum absolute atomic E-state index is 0.00161. The van der Waals surface area contributed by atoms with Crippen molar-refractivity contribution < 1.29 is 17.6 Å². The van der Waals surface area contributed by atoms with Gasteiger partial charge in [0.15, 0.2) is 11.6 Å². The molecule has 6 nitrogen and oxygen atoms in total. The van der Waals surface area contributed by atoms with Crippen LogP contribution in [0.25, 0.3) is 0 Å². The summed E-state index contributed by atoms with van der Waals surface area (Å²) in [6.07, 6.45) is 2.38. The van der Waals surface area contributed by atoms with E-state index in [0.29, 0.717) is 6.54 Å². The Morgan fingerprint density at radius 3 is 2.74 bits per heavy atom. The molecule has 0 fully saturated rings. The summed E-state index contributed by atoms with van der Waals surface area (Å²) in [6, 6.07) is 1.24. The summed E-state index contributed by atoms with van der Waals surface area (Å²) in [5, 5.41) is 5.04. The van der Waals surface area contributed by atoms with E-state index in [2.05, 4.69) is 15.6 Å². The highest BCUT2D eigenvalue weighted by Crippen LogP contribution is 2.14. The Bertz CT molecular complexity index is 560. The third-order valence-corrected chi connectivity index (χ3v) is 3.18. The summed E-state index contributed by atoms with van der Waals surface area (Å²) in [5.74, 6) is -1.60. The molecule has 19 heavy (non-hydrogen) atoms. The molecule has 8 heteroatoms. The molecule has 0 aliphatic carbocycles. The molecule has 0 unspecified atom stereocenters. The maximum Gasteiger partial charge on any atom is 0.254 e. The number of nitrogens with one attached hydrogen (secondary N) is 2. The Morgan fingerprint density at radius 1 is 1.47 bits per heavy atom. The van der Waals surface area contributed by atoms with Crippen molar-refractivity contribution in [3.8, 4) is 0 Å². The van der Waals surface area contributed by atoms with Crippen LogP contribution < -0.4 is 10.6 Å². The molecule has 0 bridgehead atoms. The fourth-order valence-electron chi connectivity index (χ4n) is 1.35. The third-order valence-electron chi connectivity index (χ3n) is 2.24. The van der Waals surface area contributed by atoms with Crippen LogP contribution in [0.1, 0.15) is 17.3 Å². The second-order valence-corrected chi connectivity index (χ2v) is 6.20. The van der Waals surface area contributed by atoms with Crippen molar-refractivity contribution in [3.63, 3.8) is 0 Å². The van der Waals surface area contributed by atoms with Crippen LogP contribution in [0.3, 0.4) is 0 Å². The van der Waals surface area contributed by atoms with Gasteiger partial charge in [0.2, 0.25) is 0 Å². The van der Waals surface area contributed by atoms with E-state index in [1.165, 1.54) is 12.3 Å². The lowest BCUT2D eigenvalue weighted by molar-refractivity contribution is 0.0952. The Kier molecular flexibility index (Phi) is 5.22. The second kappa shape index (κ2) is 6.46. The maximum atomic E-state index is 13.9. The SMILES string of the molecule is CCNc1nccc(C(=O)NCCS(C)(=O)=O)c1F. The first-order valence-corrected chi connectivity index (χ1v) is 7.75. The van der Waals surface area contributed by atoms with Crippen LogP contribution in [-0.2, 0) is 9.84 Å². The molecule has 1 aromatic heterocycles. The van der Waals surface area contributed by atoms with Crippen molar-refractivity contribution in [3.05, 3.63) is 23.6 Å².